The average molecular weight is 332 g/mol. The minimum Gasteiger partial charge on any atom is -0.444 e. The van der Waals surface area contributed by atoms with Crippen molar-refractivity contribution in [3.63, 3.8) is 0 Å². The van der Waals surface area contributed by atoms with Gasteiger partial charge in [0.25, 0.3) is 0 Å². The number of nitrogens with zero attached hydrogens (tertiary/aromatic N) is 1. The van der Waals surface area contributed by atoms with Crippen molar-refractivity contribution in [2.24, 2.45) is 0 Å². The van der Waals surface area contributed by atoms with E-state index < -0.39 is 17.7 Å². The summed E-state index contributed by atoms with van der Waals surface area (Å²) in [6, 6.07) is 7.54. The van der Waals surface area contributed by atoms with Crippen molar-refractivity contribution in [3.05, 3.63) is 35.4 Å². The van der Waals surface area contributed by atoms with E-state index in [1.807, 2.05) is 58.9 Å². The van der Waals surface area contributed by atoms with Crippen molar-refractivity contribution in [3.8, 4) is 0 Å². The third-order valence-electron chi connectivity index (χ3n) is 4.12. The number of ether oxygens (including phenoxy) is 1. The number of aryl methyl sites for hydroxylation is 1. The molecule has 1 saturated heterocycles. The number of rotatable bonds is 3. The minimum atomic E-state index is -0.560. The van der Waals surface area contributed by atoms with E-state index >= 15 is 0 Å². The molecule has 0 saturated carbocycles. The topological polar surface area (TPSA) is 58.6 Å². The lowest BCUT2D eigenvalue weighted by Crippen LogP contribution is -2.48. The first-order chi connectivity index (χ1) is 11.2. The maximum atomic E-state index is 12.6. The third-order valence-corrected chi connectivity index (χ3v) is 4.12. The molecule has 0 aromatic heterocycles. The van der Waals surface area contributed by atoms with Gasteiger partial charge in [-0.3, -0.25) is 9.69 Å². The Hall–Kier alpha value is -2.04. The zero-order valence-electron chi connectivity index (χ0n) is 15.3. The Bertz CT molecular complexity index is 590. The molecule has 0 bridgehead atoms. The van der Waals surface area contributed by atoms with Crippen molar-refractivity contribution in [2.75, 3.05) is 6.54 Å². The highest BCUT2D eigenvalue weighted by atomic mass is 16.6. The molecule has 1 N–H and O–H groups in total. The van der Waals surface area contributed by atoms with Gasteiger partial charge in [-0.1, -0.05) is 29.8 Å². The van der Waals surface area contributed by atoms with Crippen LogP contribution in [0.25, 0.3) is 0 Å². The maximum absolute atomic E-state index is 12.6. The zero-order chi connectivity index (χ0) is 17.9. The predicted molar refractivity (Wildman–Crippen MR) is 93.7 cm³/mol. The molecule has 2 rings (SSSR count). The van der Waals surface area contributed by atoms with Gasteiger partial charge in [0.2, 0.25) is 5.91 Å². The summed E-state index contributed by atoms with van der Waals surface area (Å²) in [5.74, 6) is -0.119. The fraction of sp³-hybridized carbons (Fsp3) is 0.579. The Balaban J connectivity index is 2.00. The molecular formula is C19H28N2O3. The lowest BCUT2D eigenvalue weighted by Gasteiger charge is -2.28. The van der Waals surface area contributed by atoms with Crippen molar-refractivity contribution in [1.29, 1.82) is 0 Å². The van der Waals surface area contributed by atoms with Crippen molar-refractivity contribution in [2.45, 2.75) is 65.1 Å². The van der Waals surface area contributed by atoms with E-state index in [0.29, 0.717) is 13.0 Å². The van der Waals surface area contributed by atoms with Gasteiger partial charge >= 0.3 is 6.09 Å². The van der Waals surface area contributed by atoms with E-state index in [4.69, 9.17) is 4.74 Å². The minimum absolute atomic E-state index is 0.0980. The highest BCUT2D eigenvalue weighted by molar-refractivity contribution is 5.86. The highest BCUT2D eigenvalue weighted by Crippen LogP contribution is 2.22. The van der Waals surface area contributed by atoms with Crippen molar-refractivity contribution >= 4 is 12.0 Å². The van der Waals surface area contributed by atoms with Gasteiger partial charge in [-0.15, -0.1) is 0 Å². The van der Waals surface area contributed by atoms with E-state index in [0.717, 1.165) is 12.0 Å². The lowest BCUT2D eigenvalue weighted by molar-refractivity contribution is -0.126. The number of amides is 2. The van der Waals surface area contributed by atoms with Gasteiger partial charge in [-0.25, -0.2) is 4.79 Å². The monoisotopic (exact) mass is 332 g/mol. The number of carbonyl (C=O) groups is 2. The predicted octanol–water partition coefficient (Wildman–Crippen LogP) is 3.57. The van der Waals surface area contributed by atoms with Crippen LogP contribution in [-0.4, -0.2) is 35.1 Å². The Morgan fingerprint density at radius 1 is 1.25 bits per heavy atom. The standard InChI is InChI=1S/C19H28N2O3/c1-13-8-10-15(11-9-13)14(2)20-17(22)16-7-6-12-21(16)18(23)24-19(3,4)5/h8-11,14,16H,6-7,12H2,1-5H3,(H,20,22). The summed E-state index contributed by atoms with van der Waals surface area (Å²) in [4.78, 5) is 26.5. The smallest absolute Gasteiger partial charge is 0.410 e. The summed E-state index contributed by atoms with van der Waals surface area (Å²) >= 11 is 0. The van der Waals surface area contributed by atoms with Gasteiger partial charge in [0, 0.05) is 6.54 Å². The molecule has 5 nitrogen and oxygen atoms in total. The first kappa shape index (κ1) is 18.3. The number of carbonyl (C=O) groups excluding carboxylic acids is 2. The molecular weight excluding hydrogens is 304 g/mol. The normalized spacial score (nSPS) is 19.0. The van der Waals surface area contributed by atoms with Gasteiger partial charge < -0.3 is 10.1 Å². The van der Waals surface area contributed by atoms with Crippen LogP contribution in [0.1, 0.15) is 57.7 Å². The van der Waals surface area contributed by atoms with Crippen LogP contribution in [0.4, 0.5) is 4.79 Å². The number of likely N-dealkylation sites (tertiary alicyclic amines) is 1. The molecule has 1 aromatic rings. The fourth-order valence-electron chi connectivity index (χ4n) is 2.83. The molecule has 2 atom stereocenters. The molecule has 1 fully saturated rings. The molecule has 2 unspecified atom stereocenters. The molecule has 1 heterocycles. The Labute approximate surface area is 144 Å². The summed E-state index contributed by atoms with van der Waals surface area (Å²) < 4.78 is 5.41. The molecule has 24 heavy (non-hydrogen) atoms. The highest BCUT2D eigenvalue weighted by Gasteiger charge is 2.36. The molecule has 5 heteroatoms. The number of benzene rings is 1. The molecule has 1 aliphatic rings. The van der Waals surface area contributed by atoms with Crippen LogP contribution in [0, 0.1) is 6.92 Å². The maximum Gasteiger partial charge on any atom is 0.410 e. The molecule has 0 spiro atoms. The fourth-order valence-corrected chi connectivity index (χ4v) is 2.83. The van der Waals surface area contributed by atoms with E-state index in [1.54, 1.807) is 4.90 Å². The summed E-state index contributed by atoms with van der Waals surface area (Å²) in [5, 5.41) is 3.02. The van der Waals surface area contributed by atoms with Crippen LogP contribution in [0.5, 0.6) is 0 Å². The zero-order valence-corrected chi connectivity index (χ0v) is 15.3. The van der Waals surface area contributed by atoms with E-state index in [-0.39, 0.29) is 11.9 Å². The number of hydrogen-bond acceptors (Lipinski definition) is 3. The van der Waals surface area contributed by atoms with Crippen LogP contribution in [-0.2, 0) is 9.53 Å². The SMILES string of the molecule is Cc1ccc(C(C)NC(=O)C2CCCN2C(=O)OC(C)(C)C)cc1. The van der Waals surface area contributed by atoms with Gasteiger partial charge in [-0.2, -0.15) is 0 Å². The second-order valence-electron chi connectivity index (χ2n) is 7.47. The molecule has 132 valence electrons. The van der Waals surface area contributed by atoms with Gasteiger partial charge in [0.1, 0.15) is 11.6 Å². The van der Waals surface area contributed by atoms with Crippen molar-refractivity contribution in [1.82, 2.24) is 10.2 Å². The van der Waals surface area contributed by atoms with Gasteiger partial charge in [0.05, 0.1) is 6.04 Å². The van der Waals surface area contributed by atoms with Crippen LogP contribution >= 0.6 is 0 Å². The number of nitrogens with one attached hydrogen (secondary N) is 1. The summed E-state index contributed by atoms with van der Waals surface area (Å²) in [7, 11) is 0. The molecule has 2 amide bonds. The van der Waals surface area contributed by atoms with Gasteiger partial charge in [-0.05, 0) is 53.0 Å². The molecule has 1 aliphatic heterocycles. The quantitative estimate of drug-likeness (QED) is 0.920. The Morgan fingerprint density at radius 2 is 1.88 bits per heavy atom. The Kier molecular flexibility index (Phi) is 5.52. The summed E-state index contributed by atoms with van der Waals surface area (Å²) in [6.07, 6.45) is 1.07. The first-order valence-corrected chi connectivity index (χ1v) is 8.54. The first-order valence-electron chi connectivity index (χ1n) is 8.54. The summed E-state index contributed by atoms with van der Waals surface area (Å²) in [6.45, 7) is 10.0. The molecule has 0 aliphatic carbocycles. The van der Waals surface area contributed by atoms with Crippen LogP contribution in [0.15, 0.2) is 24.3 Å². The largest absolute Gasteiger partial charge is 0.444 e. The summed E-state index contributed by atoms with van der Waals surface area (Å²) in [5.41, 5.74) is 1.68. The third kappa shape index (κ3) is 4.73. The van der Waals surface area contributed by atoms with E-state index in [9.17, 15) is 9.59 Å². The van der Waals surface area contributed by atoms with Crippen LogP contribution in [0.2, 0.25) is 0 Å². The van der Waals surface area contributed by atoms with Crippen LogP contribution in [0.3, 0.4) is 0 Å². The average Bonchev–Trinajstić information content (AvgIpc) is 2.95. The van der Waals surface area contributed by atoms with Gasteiger partial charge in [0.15, 0.2) is 0 Å². The van der Waals surface area contributed by atoms with Crippen molar-refractivity contribution < 1.29 is 14.3 Å². The second-order valence-corrected chi connectivity index (χ2v) is 7.47. The van der Waals surface area contributed by atoms with Crippen LogP contribution < -0.4 is 5.32 Å². The molecule has 1 aromatic carbocycles. The molecule has 0 radical (unpaired) electrons. The Morgan fingerprint density at radius 3 is 2.46 bits per heavy atom. The van der Waals surface area contributed by atoms with E-state index in [2.05, 4.69) is 5.32 Å². The van der Waals surface area contributed by atoms with E-state index in [1.165, 1.54) is 5.56 Å². The lowest BCUT2D eigenvalue weighted by atomic mass is 10.1. The number of hydrogen-bond donors (Lipinski definition) is 1. The second kappa shape index (κ2) is 7.24.